The number of hydrogen-bond acceptors (Lipinski definition) is 2. The second-order valence-electron chi connectivity index (χ2n) is 3.70. The van der Waals surface area contributed by atoms with Gasteiger partial charge in [0.1, 0.15) is 6.04 Å². The van der Waals surface area contributed by atoms with Crippen LogP contribution in [0.5, 0.6) is 0 Å². The van der Waals surface area contributed by atoms with E-state index in [2.05, 4.69) is 5.32 Å². The minimum atomic E-state index is -0.474. The zero-order valence-electron chi connectivity index (χ0n) is 10.9. The Kier molecular flexibility index (Phi) is 6.53. The lowest BCUT2D eigenvalue weighted by Crippen LogP contribution is -2.50. The fourth-order valence-electron chi connectivity index (χ4n) is 1.34. The number of likely N-dealkylation sites (N-methyl/N-ethyl adjacent to an activating group) is 1. The number of nitrogens with one attached hydrogen (secondary N) is 1. The summed E-state index contributed by atoms with van der Waals surface area (Å²) in [5.41, 5.74) is 0. The molecule has 0 fully saturated rings. The van der Waals surface area contributed by atoms with E-state index in [4.69, 9.17) is 0 Å². The van der Waals surface area contributed by atoms with E-state index < -0.39 is 6.04 Å². The van der Waals surface area contributed by atoms with Crippen LogP contribution in [0.15, 0.2) is 0 Å². The monoisotopic (exact) mass is 229 g/mol. The number of urea groups is 1. The number of amides is 3. The molecule has 0 aromatic heterocycles. The maximum atomic E-state index is 11.7. The summed E-state index contributed by atoms with van der Waals surface area (Å²) in [6, 6.07) is -0.659. The van der Waals surface area contributed by atoms with E-state index in [0.717, 1.165) is 0 Å². The highest BCUT2D eigenvalue weighted by atomic mass is 16.2. The van der Waals surface area contributed by atoms with Crippen molar-refractivity contribution in [2.75, 3.05) is 26.7 Å². The van der Waals surface area contributed by atoms with Gasteiger partial charge in [0, 0.05) is 26.7 Å². The van der Waals surface area contributed by atoms with Gasteiger partial charge in [-0.05, 0) is 27.7 Å². The minimum absolute atomic E-state index is 0.0667. The van der Waals surface area contributed by atoms with Crippen molar-refractivity contribution < 1.29 is 9.59 Å². The Bertz CT molecular complexity index is 239. The third-order valence-electron chi connectivity index (χ3n) is 2.61. The van der Waals surface area contributed by atoms with Crippen molar-refractivity contribution in [1.29, 1.82) is 0 Å². The van der Waals surface area contributed by atoms with E-state index in [1.807, 2.05) is 20.8 Å². The smallest absolute Gasteiger partial charge is 0.318 e. The lowest BCUT2D eigenvalue weighted by molar-refractivity contribution is -0.131. The molecule has 0 aliphatic heterocycles. The van der Waals surface area contributed by atoms with Crippen LogP contribution in [-0.2, 0) is 4.79 Å². The second-order valence-corrected chi connectivity index (χ2v) is 3.70. The summed E-state index contributed by atoms with van der Waals surface area (Å²) in [7, 11) is 1.72. The first-order valence-electron chi connectivity index (χ1n) is 5.78. The maximum Gasteiger partial charge on any atom is 0.318 e. The molecule has 1 N–H and O–H groups in total. The molecule has 0 radical (unpaired) electrons. The summed E-state index contributed by atoms with van der Waals surface area (Å²) in [5.74, 6) is -0.0667. The summed E-state index contributed by atoms with van der Waals surface area (Å²) in [6.45, 7) is 9.36. The molecule has 0 aliphatic carbocycles. The van der Waals surface area contributed by atoms with Gasteiger partial charge < -0.3 is 15.1 Å². The third kappa shape index (κ3) is 4.08. The second kappa shape index (κ2) is 7.09. The van der Waals surface area contributed by atoms with Crippen LogP contribution in [0.3, 0.4) is 0 Å². The number of carbonyl (C=O) groups excluding carboxylic acids is 2. The Morgan fingerprint density at radius 2 is 1.62 bits per heavy atom. The van der Waals surface area contributed by atoms with Crippen LogP contribution in [0, 0.1) is 0 Å². The molecule has 0 heterocycles. The molecule has 1 atom stereocenters. The van der Waals surface area contributed by atoms with E-state index in [1.165, 1.54) is 0 Å². The third-order valence-corrected chi connectivity index (χ3v) is 2.61. The first-order valence-corrected chi connectivity index (χ1v) is 5.78. The average Bonchev–Trinajstić information content (AvgIpc) is 2.28. The molecule has 5 nitrogen and oxygen atoms in total. The fourth-order valence-corrected chi connectivity index (χ4v) is 1.34. The number of carbonyl (C=O) groups is 2. The standard InChI is InChI=1S/C11H23N3O2/c1-6-13(5)10(15)9(4)12-11(16)14(7-2)8-3/h9H,6-8H2,1-5H3,(H,12,16). The van der Waals surface area contributed by atoms with Crippen LogP contribution in [-0.4, -0.2) is 54.5 Å². The van der Waals surface area contributed by atoms with Crippen LogP contribution in [0.4, 0.5) is 4.79 Å². The summed E-state index contributed by atoms with van der Waals surface area (Å²) >= 11 is 0. The molecule has 0 aromatic carbocycles. The van der Waals surface area contributed by atoms with E-state index in [-0.39, 0.29) is 11.9 Å². The fraction of sp³-hybridized carbons (Fsp3) is 0.818. The Hall–Kier alpha value is -1.26. The summed E-state index contributed by atoms with van der Waals surface area (Å²) < 4.78 is 0. The minimum Gasteiger partial charge on any atom is -0.344 e. The summed E-state index contributed by atoms with van der Waals surface area (Å²) in [6.07, 6.45) is 0. The number of rotatable bonds is 5. The normalized spacial score (nSPS) is 11.8. The van der Waals surface area contributed by atoms with Gasteiger partial charge in [0.2, 0.25) is 5.91 Å². The highest BCUT2D eigenvalue weighted by Crippen LogP contribution is 1.95. The molecule has 5 heteroatoms. The summed E-state index contributed by atoms with van der Waals surface area (Å²) in [4.78, 5) is 26.6. The van der Waals surface area contributed by atoms with Crippen LogP contribution < -0.4 is 5.32 Å². The van der Waals surface area contributed by atoms with Crippen LogP contribution in [0.1, 0.15) is 27.7 Å². The molecular weight excluding hydrogens is 206 g/mol. The molecule has 0 saturated heterocycles. The lowest BCUT2D eigenvalue weighted by Gasteiger charge is -2.24. The molecule has 94 valence electrons. The molecular formula is C11H23N3O2. The van der Waals surface area contributed by atoms with Gasteiger partial charge in [-0.1, -0.05) is 0 Å². The van der Waals surface area contributed by atoms with E-state index in [0.29, 0.717) is 19.6 Å². The van der Waals surface area contributed by atoms with Gasteiger partial charge in [0.05, 0.1) is 0 Å². The summed E-state index contributed by atoms with van der Waals surface area (Å²) in [5, 5.41) is 2.69. The largest absolute Gasteiger partial charge is 0.344 e. The predicted molar refractivity (Wildman–Crippen MR) is 64.2 cm³/mol. The van der Waals surface area contributed by atoms with Crippen molar-refractivity contribution >= 4 is 11.9 Å². The Balaban J connectivity index is 4.28. The van der Waals surface area contributed by atoms with E-state index in [9.17, 15) is 9.59 Å². The Morgan fingerprint density at radius 3 is 2.00 bits per heavy atom. The molecule has 0 rings (SSSR count). The van der Waals surface area contributed by atoms with Crippen molar-refractivity contribution in [3.63, 3.8) is 0 Å². The van der Waals surface area contributed by atoms with Gasteiger partial charge in [-0.3, -0.25) is 4.79 Å². The molecule has 0 saturated carbocycles. The molecule has 0 aliphatic rings. The maximum absolute atomic E-state index is 11.7. The van der Waals surface area contributed by atoms with Crippen LogP contribution in [0.25, 0.3) is 0 Å². The molecule has 3 amide bonds. The van der Waals surface area contributed by atoms with E-state index in [1.54, 1.807) is 23.8 Å². The SMILES string of the molecule is CCN(C)C(=O)C(C)NC(=O)N(CC)CC. The Labute approximate surface area is 97.8 Å². The van der Waals surface area contributed by atoms with Crippen molar-refractivity contribution in [2.24, 2.45) is 0 Å². The molecule has 16 heavy (non-hydrogen) atoms. The average molecular weight is 229 g/mol. The van der Waals surface area contributed by atoms with Crippen molar-refractivity contribution in [3.05, 3.63) is 0 Å². The van der Waals surface area contributed by atoms with Gasteiger partial charge >= 0.3 is 6.03 Å². The molecule has 0 bridgehead atoms. The quantitative estimate of drug-likeness (QED) is 0.761. The van der Waals surface area contributed by atoms with Crippen LogP contribution >= 0.6 is 0 Å². The highest BCUT2D eigenvalue weighted by Gasteiger charge is 2.20. The van der Waals surface area contributed by atoms with Gasteiger partial charge in [-0.15, -0.1) is 0 Å². The van der Waals surface area contributed by atoms with Gasteiger partial charge in [-0.2, -0.15) is 0 Å². The van der Waals surface area contributed by atoms with Crippen molar-refractivity contribution in [2.45, 2.75) is 33.7 Å². The van der Waals surface area contributed by atoms with Crippen molar-refractivity contribution in [3.8, 4) is 0 Å². The predicted octanol–water partition coefficient (Wildman–Crippen LogP) is 0.905. The number of hydrogen-bond donors (Lipinski definition) is 1. The van der Waals surface area contributed by atoms with Crippen LogP contribution in [0.2, 0.25) is 0 Å². The van der Waals surface area contributed by atoms with E-state index >= 15 is 0 Å². The molecule has 1 unspecified atom stereocenters. The van der Waals surface area contributed by atoms with Gasteiger partial charge in [-0.25, -0.2) is 4.79 Å². The Morgan fingerprint density at radius 1 is 1.12 bits per heavy atom. The molecule has 0 spiro atoms. The lowest BCUT2D eigenvalue weighted by atomic mass is 10.3. The molecule has 0 aromatic rings. The zero-order valence-corrected chi connectivity index (χ0v) is 10.9. The number of nitrogens with zero attached hydrogens (tertiary/aromatic N) is 2. The topological polar surface area (TPSA) is 52.7 Å². The van der Waals surface area contributed by atoms with Gasteiger partial charge in [0.25, 0.3) is 0 Å². The first kappa shape index (κ1) is 14.7. The highest BCUT2D eigenvalue weighted by molar-refractivity contribution is 5.86. The zero-order chi connectivity index (χ0) is 12.7. The van der Waals surface area contributed by atoms with Gasteiger partial charge in [0.15, 0.2) is 0 Å². The first-order chi connectivity index (χ1) is 7.47. The van der Waals surface area contributed by atoms with Crippen molar-refractivity contribution in [1.82, 2.24) is 15.1 Å².